The second-order valence-electron chi connectivity index (χ2n) is 6.10. The Labute approximate surface area is 152 Å². The van der Waals surface area contributed by atoms with Crippen LogP contribution in [0.25, 0.3) is 0 Å². The van der Waals surface area contributed by atoms with Gasteiger partial charge in [-0.15, -0.1) is 0 Å². The Balaban J connectivity index is 1.85. The van der Waals surface area contributed by atoms with Gasteiger partial charge in [0.25, 0.3) is 10.0 Å². The Bertz CT molecular complexity index is 820. The largest absolute Gasteiger partial charge is 0.494 e. The summed E-state index contributed by atoms with van der Waals surface area (Å²) in [7, 11) is -0.160. The average molecular weight is 382 g/mol. The highest BCUT2D eigenvalue weighted by atomic mass is 32.2. The Kier molecular flexibility index (Phi) is 6.32. The number of carboxylic acid groups (broad SMARTS) is 1. The summed E-state index contributed by atoms with van der Waals surface area (Å²) >= 11 is 0. The van der Waals surface area contributed by atoms with Crippen molar-refractivity contribution in [1.82, 2.24) is 9.62 Å². The lowest BCUT2D eigenvalue weighted by molar-refractivity contribution is -0.135. The molecule has 1 aromatic rings. The van der Waals surface area contributed by atoms with Gasteiger partial charge in [0.1, 0.15) is 11.5 Å². The number of nitrogens with one attached hydrogen (secondary N) is 2. The van der Waals surface area contributed by atoms with Crippen LogP contribution in [0.4, 0.5) is 0 Å². The second-order valence-corrected chi connectivity index (χ2v) is 7.86. The minimum atomic E-state index is -4.13. The van der Waals surface area contributed by atoms with E-state index in [1.807, 2.05) is 43.1 Å². The Morgan fingerprint density at radius 1 is 1.42 bits per heavy atom. The van der Waals surface area contributed by atoms with Gasteiger partial charge in [0, 0.05) is 19.5 Å². The molecule has 1 unspecified atom stereocenters. The van der Waals surface area contributed by atoms with Gasteiger partial charge in [-0.3, -0.25) is 19.9 Å². The van der Waals surface area contributed by atoms with Crippen LogP contribution in [-0.4, -0.2) is 68.4 Å². The van der Waals surface area contributed by atoms with Gasteiger partial charge in [-0.1, -0.05) is 12.1 Å². The predicted molar refractivity (Wildman–Crippen MR) is 97.5 cm³/mol. The molecule has 0 saturated carbocycles. The summed E-state index contributed by atoms with van der Waals surface area (Å²) in [5.74, 6) is -1.07. The number of benzene rings is 1. The molecular weight excluding hydrogens is 360 g/mol. The number of ether oxygens (including phenoxy) is 1. The zero-order valence-electron chi connectivity index (χ0n) is 14.6. The monoisotopic (exact) mass is 382 g/mol. The minimum absolute atomic E-state index is 0.212. The number of carboxylic acids is 1. The molecule has 0 aliphatic carbocycles. The Morgan fingerprint density at radius 2 is 2.15 bits per heavy atom. The van der Waals surface area contributed by atoms with E-state index >= 15 is 0 Å². The van der Waals surface area contributed by atoms with Crippen LogP contribution in [0, 0.1) is 5.41 Å². The van der Waals surface area contributed by atoms with E-state index in [-0.39, 0.29) is 12.4 Å². The van der Waals surface area contributed by atoms with Gasteiger partial charge < -0.3 is 14.7 Å². The molecule has 1 heterocycles. The quantitative estimate of drug-likeness (QED) is 0.555. The number of amidine groups is 1. The molecule has 1 aromatic carbocycles. The maximum absolute atomic E-state index is 11.7. The first-order valence-electron chi connectivity index (χ1n) is 7.95. The number of hydrogen-bond acceptors (Lipinski definition) is 7. The van der Waals surface area contributed by atoms with Crippen molar-refractivity contribution in [3.8, 4) is 5.75 Å². The molecule has 26 heavy (non-hydrogen) atoms. The number of sulfonamides is 1. The van der Waals surface area contributed by atoms with E-state index in [1.165, 1.54) is 0 Å². The predicted octanol–water partition coefficient (Wildman–Crippen LogP) is 0.322. The van der Waals surface area contributed by atoms with Crippen molar-refractivity contribution in [2.45, 2.75) is 18.2 Å². The van der Waals surface area contributed by atoms with Gasteiger partial charge in [0.2, 0.25) is 5.25 Å². The number of carbonyl (C=O) groups is 1. The summed E-state index contributed by atoms with van der Waals surface area (Å²) in [6.07, 6.45) is 0.494. The summed E-state index contributed by atoms with van der Waals surface area (Å²) < 4.78 is 31.0. The molecule has 2 rings (SSSR count). The van der Waals surface area contributed by atoms with E-state index in [1.54, 1.807) is 0 Å². The van der Waals surface area contributed by atoms with Crippen molar-refractivity contribution >= 4 is 27.5 Å². The number of hydrogen-bond donors (Lipinski definition) is 3. The Morgan fingerprint density at radius 3 is 2.77 bits per heavy atom. The van der Waals surface area contributed by atoms with E-state index in [4.69, 9.17) is 15.3 Å². The molecule has 0 amide bonds. The molecule has 3 N–H and O–H groups in total. The third-order valence-corrected chi connectivity index (χ3v) is 5.06. The normalized spacial score (nSPS) is 20.3. The van der Waals surface area contributed by atoms with Crippen LogP contribution >= 0.6 is 0 Å². The molecule has 0 bridgehead atoms. The smallest absolute Gasteiger partial charge is 0.330 e. The zero-order chi connectivity index (χ0) is 19.3. The number of aliphatic carboxylic acids is 1. The van der Waals surface area contributed by atoms with Crippen LogP contribution < -0.4 is 9.46 Å². The summed E-state index contributed by atoms with van der Waals surface area (Å²) in [6, 6.07) is 7.72. The van der Waals surface area contributed by atoms with Crippen LogP contribution in [0.2, 0.25) is 0 Å². The van der Waals surface area contributed by atoms with Crippen molar-refractivity contribution in [1.29, 1.82) is 5.41 Å². The molecular formula is C16H22N4O5S. The standard InChI is InChI=1S/C16H22N4O5S/c1-20(2)10-11-5-3-6-12(9-11)25-8-4-7-18-15-13(17)14(16(21)22)26(23,24)19-15/h3,5-6,9,14,17H,4,7-8,10H2,1-2H3,(H,18,19)(H,21,22). The lowest BCUT2D eigenvalue weighted by Gasteiger charge is -2.11. The topological polar surface area (TPSA) is 132 Å². The van der Waals surface area contributed by atoms with Crippen molar-refractivity contribution < 1.29 is 23.1 Å². The van der Waals surface area contributed by atoms with E-state index in [0.717, 1.165) is 17.9 Å². The van der Waals surface area contributed by atoms with Crippen molar-refractivity contribution in [2.24, 2.45) is 4.99 Å². The summed E-state index contributed by atoms with van der Waals surface area (Å²) in [5.41, 5.74) is 0.580. The maximum atomic E-state index is 11.7. The van der Waals surface area contributed by atoms with Gasteiger partial charge in [-0.25, -0.2) is 8.42 Å². The highest BCUT2D eigenvalue weighted by Crippen LogP contribution is 2.15. The summed E-state index contributed by atoms with van der Waals surface area (Å²) in [4.78, 5) is 17.0. The molecule has 1 fully saturated rings. The average Bonchev–Trinajstić information content (AvgIpc) is 2.75. The first-order valence-corrected chi connectivity index (χ1v) is 9.49. The third-order valence-electron chi connectivity index (χ3n) is 3.53. The van der Waals surface area contributed by atoms with Crippen molar-refractivity contribution in [3.63, 3.8) is 0 Å². The molecule has 0 aromatic heterocycles. The summed E-state index contributed by atoms with van der Waals surface area (Å²) in [5, 5.41) is 14.7. The fraction of sp³-hybridized carbons (Fsp3) is 0.438. The Hall–Kier alpha value is -2.46. The fourth-order valence-corrected chi connectivity index (χ4v) is 3.70. The van der Waals surface area contributed by atoms with E-state index in [0.29, 0.717) is 13.0 Å². The van der Waals surface area contributed by atoms with Gasteiger partial charge in [-0.05, 0) is 31.8 Å². The van der Waals surface area contributed by atoms with Crippen LogP contribution in [0.5, 0.6) is 5.75 Å². The first-order chi connectivity index (χ1) is 12.2. The van der Waals surface area contributed by atoms with Crippen LogP contribution in [0.3, 0.4) is 0 Å². The molecule has 9 nitrogen and oxygen atoms in total. The molecule has 0 spiro atoms. The van der Waals surface area contributed by atoms with E-state index < -0.39 is 27.0 Å². The molecule has 10 heteroatoms. The minimum Gasteiger partial charge on any atom is -0.494 e. The third kappa shape index (κ3) is 5.02. The zero-order valence-corrected chi connectivity index (χ0v) is 15.4. The molecule has 1 aliphatic rings. The molecule has 1 saturated heterocycles. The molecule has 1 aliphatic heterocycles. The van der Waals surface area contributed by atoms with Gasteiger partial charge in [-0.2, -0.15) is 0 Å². The lowest BCUT2D eigenvalue weighted by atomic mass is 10.2. The fourth-order valence-electron chi connectivity index (χ4n) is 2.45. The van der Waals surface area contributed by atoms with E-state index in [2.05, 4.69) is 9.89 Å². The second kappa shape index (κ2) is 8.28. The molecule has 142 valence electrons. The highest BCUT2D eigenvalue weighted by molar-refractivity contribution is 7.93. The molecule has 0 radical (unpaired) electrons. The summed E-state index contributed by atoms with van der Waals surface area (Å²) in [6.45, 7) is 1.38. The number of aliphatic imine (C=N–C) groups is 1. The van der Waals surface area contributed by atoms with Gasteiger partial charge >= 0.3 is 5.97 Å². The van der Waals surface area contributed by atoms with Gasteiger partial charge in [0.15, 0.2) is 5.84 Å². The first kappa shape index (κ1) is 19.9. The van der Waals surface area contributed by atoms with Gasteiger partial charge in [0.05, 0.1) is 6.61 Å². The number of rotatable bonds is 8. The number of nitrogens with zero attached hydrogens (tertiary/aromatic N) is 2. The van der Waals surface area contributed by atoms with Crippen LogP contribution in [-0.2, 0) is 21.4 Å². The van der Waals surface area contributed by atoms with E-state index in [9.17, 15) is 13.2 Å². The van der Waals surface area contributed by atoms with Crippen molar-refractivity contribution in [2.75, 3.05) is 27.2 Å². The SMILES string of the molecule is CN(C)Cc1cccc(OCCCN=C2NS(=O)(=O)C(C(=O)O)C2=N)c1. The van der Waals surface area contributed by atoms with Crippen LogP contribution in [0.15, 0.2) is 29.3 Å². The van der Waals surface area contributed by atoms with Crippen LogP contribution in [0.1, 0.15) is 12.0 Å². The molecule has 1 atom stereocenters. The lowest BCUT2D eigenvalue weighted by Crippen LogP contribution is -2.33. The highest BCUT2D eigenvalue weighted by Gasteiger charge is 2.46. The van der Waals surface area contributed by atoms with Crippen molar-refractivity contribution in [3.05, 3.63) is 29.8 Å². The maximum Gasteiger partial charge on any atom is 0.330 e.